The van der Waals surface area contributed by atoms with Gasteiger partial charge in [-0.15, -0.1) is 0 Å². The summed E-state index contributed by atoms with van der Waals surface area (Å²) in [6, 6.07) is 7.34. The summed E-state index contributed by atoms with van der Waals surface area (Å²) in [4.78, 5) is 22.1. The van der Waals surface area contributed by atoms with E-state index in [4.69, 9.17) is 11.5 Å². The summed E-state index contributed by atoms with van der Waals surface area (Å²) in [5, 5.41) is 0. The summed E-state index contributed by atoms with van der Waals surface area (Å²) in [5.41, 5.74) is 10.7. The van der Waals surface area contributed by atoms with Gasteiger partial charge in [-0.3, -0.25) is 0 Å². The maximum absolute atomic E-state index is 10.8. The Morgan fingerprint density at radius 2 is 1.60 bits per heavy atom. The van der Waals surface area contributed by atoms with Gasteiger partial charge in [-0.25, -0.2) is 14.5 Å². The lowest BCUT2D eigenvalue weighted by Crippen LogP contribution is -2.39. The molecule has 4 N–H and O–H groups in total. The topological polar surface area (TPSA) is 89.4 Å². The highest BCUT2D eigenvalue weighted by Gasteiger charge is 2.10. The molecule has 0 heterocycles. The van der Waals surface area contributed by atoms with Crippen molar-refractivity contribution in [2.75, 3.05) is 0 Å². The van der Waals surface area contributed by atoms with Crippen molar-refractivity contribution in [3.05, 3.63) is 42.1 Å². The molecular weight excluding hydrogens is 194 g/mol. The summed E-state index contributed by atoms with van der Waals surface area (Å²) >= 11 is 0. The average molecular weight is 205 g/mol. The van der Waals surface area contributed by atoms with Crippen LogP contribution in [-0.4, -0.2) is 17.0 Å². The number of carbonyl (C=O) groups excluding carboxylic acids is 2. The van der Waals surface area contributed by atoms with Crippen molar-refractivity contribution in [3.8, 4) is 0 Å². The van der Waals surface area contributed by atoms with Gasteiger partial charge in [-0.1, -0.05) is 30.3 Å². The van der Waals surface area contributed by atoms with Gasteiger partial charge in [0.05, 0.1) is 0 Å². The van der Waals surface area contributed by atoms with E-state index in [1.807, 2.05) is 30.3 Å². The predicted octanol–water partition coefficient (Wildman–Crippen LogP) is 1.12. The van der Waals surface area contributed by atoms with Crippen molar-refractivity contribution in [1.29, 1.82) is 0 Å². The van der Waals surface area contributed by atoms with Gasteiger partial charge in [-0.05, 0) is 11.6 Å². The second-order valence-corrected chi connectivity index (χ2v) is 2.77. The third-order valence-electron chi connectivity index (χ3n) is 1.69. The Bertz CT molecular complexity index is 373. The fraction of sp³-hybridized carbons (Fsp3) is 0. The maximum atomic E-state index is 10.8. The van der Waals surface area contributed by atoms with Gasteiger partial charge in [0.1, 0.15) is 0 Å². The Morgan fingerprint density at radius 3 is 2.07 bits per heavy atom. The maximum Gasteiger partial charge on any atom is 0.327 e. The minimum Gasteiger partial charge on any atom is -0.351 e. The summed E-state index contributed by atoms with van der Waals surface area (Å²) < 4.78 is 0. The Labute approximate surface area is 87.0 Å². The first kappa shape index (κ1) is 10.8. The molecule has 0 saturated carbocycles. The van der Waals surface area contributed by atoms with Crippen molar-refractivity contribution in [2.45, 2.75) is 0 Å². The Hall–Kier alpha value is -2.30. The van der Waals surface area contributed by atoms with Crippen LogP contribution < -0.4 is 11.5 Å². The molecule has 15 heavy (non-hydrogen) atoms. The Balaban J connectivity index is 2.79. The van der Waals surface area contributed by atoms with E-state index in [0.717, 1.165) is 5.56 Å². The molecule has 4 amide bonds. The van der Waals surface area contributed by atoms with Crippen LogP contribution in [0.15, 0.2) is 36.5 Å². The van der Waals surface area contributed by atoms with E-state index in [9.17, 15) is 9.59 Å². The Kier molecular flexibility index (Phi) is 3.45. The highest BCUT2D eigenvalue weighted by molar-refractivity contribution is 5.93. The highest BCUT2D eigenvalue weighted by Crippen LogP contribution is 2.02. The van der Waals surface area contributed by atoms with E-state index in [1.165, 1.54) is 6.20 Å². The van der Waals surface area contributed by atoms with E-state index in [0.29, 0.717) is 4.90 Å². The predicted molar refractivity (Wildman–Crippen MR) is 56.5 cm³/mol. The van der Waals surface area contributed by atoms with E-state index in [1.54, 1.807) is 6.08 Å². The molecule has 0 aliphatic rings. The summed E-state index contributed by atoms with van der Waals surface area (Å²) in [5.74, 6) is 0. The van der Waals surface area contributed by atoms with E-state index >= 15 is 0 Å². The molecule has 0 radical (unpaired) electrons. The average Bonchev–Trinajstić information content (AvgIpc) is 2.18. The zero-order chi connectivity index (χ0) is 11.3. The lowest BCUT2D eigenvalue weighted by molar-refractivity contribution is 0.211. The van der Waals surface area contributed by atoms with Crippen molar-refractivity contribution in [3.63, 3.8) is 0 Å². The molecule has 1 rings (SSSR count). The van der Waals surface area contributed by atoms with E-state index in [2.05, 4.69) is 0 Å². The van der Waals surface area contributed by atoms with Crippen molar-refractivity contribution in [1.82, 2.24) is 4.90 Å². The van der Waals surface area contributed by atoms with Gasteiger partial charge in [0.15, 0.2) is 0 Å². The number of benzene rings is 1. The third-order valence-corrected chi connectivity index (χ3v) is 1.69. The van der Waals surface area contributed by atoms with Crippen molar-refractivity contribution in [2.24, 2.45) is 11.5 Å². The number of imide groups is 1. The number of rotatable bonds is 2. The van der Waals surface area contributed by atoms with Crippen molar-refractivity contribution < 1.29 is 9.59 Å². The molecule has 1 aromatic carbocycles. The van der Waals surface area contributed by atoms with Gasteiger partial charge in [-0.2, -0.15) is 0 Å². The van der Waals surface area contributed by atoms with Crippen molar-refractivity contribution >= 4 is 18.1 Å². The molecule has 1 aromatic rings. The normalized spacial score (nSPS) is 10.1. The van der Waals surface area contributed by atoms with E-state index < -0.39 is 12.1 Å². The standard InChI is InChI=1S/C10H11N3O2/c11-9(14)13(10(12)15)7-6-8-4-2-1-3-5-8/h1-7H,(H2,11,14)(H2,12,15). The largest absolute Gasteiger partial charge is 0.351 e. The fourth-order valence-corrected chi connectivity index (χ4v) is 0.980. The monoisotopic (exact) mass is 205 g/mol. The lowest BCUT2D eigenvalue weighted by Gasteiger charge is -2.09. The second kappa shape index (κ2) is 4.80. The summed E-state index contributed by atoms with van der Waals surface area (Å²) in [6.45, 7) is 0. The molecule has 0 saturated heterocycles. The first-order valence-electron chi connectivity index (χ1n) is 4.22. The van der Waals surface area contributed by atoms with Crippen LogP contribution in [0.2, 0.25) is 0 Å². The molecule has 0 spiro atoms. The zero-order valence-corrected chi connectivity index (χ0v) is 7.96. The first-order chi connectivity index (χ1) is 7.11. The zero-order valence-electron chi connectivity index (χ0n) is 7.96. The molecule has 0 aliphatic carbocycles. The lowest BCUT2D eigenvalue weighted by atomic mass is 10.2. The smallest absolute Gasteiger partial charge is 0.327 e. The number of amides is 4. The highest BCUT2D eigenvalue weighted by atomic mass is 16.2. The second-order valence-electron chi connectivity index (χ2n) is 2.77. The molecule has 0 fully saturated rings. The van der Waals surface area contributed by atoms with Gasteiger partial charge < -0.3 is 11.5 Å². The molecule has 78 valence electrons. The molecule has 5 nitrogen and oxygen atoms in total. The molecule has 0 aromatic heterocycles. The molecule has 5 heteroatoms. The van der Waals surface area contributed by atoms with E-state index in [-0.39, 0.29) is 0 Å². The number of nitrogens with zero attached hydrogens (tertiary/aromatic N) is 1. The third kappa shape index (κ3) is 3.15. The minimum atomic E-state index is -0.908. The summed E-state index contributed by atoms with van der Waals surface area (Å²) in [7, 11) is 0. The first-order valence-corrected chi connectivity index (χ1v) is 4.22. The molecule has 0 atom stereocenters. The SMILES string of the molecule is NC(=O)N(C=Cc1ccccc1)C(N)=O. The van der Waals surface area contributed by atoms with Crippen LogP contribution >= 0.6 is 0 Å². The fourth-order valence-electron chi connectivity index (χ4n) is 0.980. The van der Waals surface area contributed by atoms with Crippen LogP contribution in [0.5, 0.6) is 0 Å². The molecule has 0 bridgehead atoms. The van der Waals surface area contributed by atoms with Crippen LogP contribution in [0, 0.1) is 0 Å². The molecule has 0 aliphatic heterocycles. The number of urea groups is 2. The number of nitrogens with two attached hydrogens (primary N) is 2. The number of carbonyl (C=O) groups is 2. The van der Waals surface area contributed by atoms with Crippen LogP contribution in [0.25, 0.3) is 6.08 Å². The van der Waals surface area contributed by atoms with Gasteiger partial charge in [0, 0.05) is 6.20 Å². The van der Waals surface area contributed by atoms with Gasteiger partial charge >= 0.3 is 12.1 Å². The quantitative estimate of drug-likeness (QED) is 0.757. The van der Waals surface area contributed by atoms with Crippen LogP contribution in [0.3, 0.4) is 0 Å². The van der Waals surface area contributed by atoms with Crippen LogP contribution in [0.1, 0.15) is 5.56 Å². The number of primary amides is 2. The molecule has 0 unspecified atom stereocenters. The van der Waals surface area contributed by atoms with Crippen LogP contribution in [-0.2, 0) is 0 Å². The Morgan fingerprint density at radius 1 is 1.07 bits per heavy atom. The minimum absolute atomic E-state index is 0.632. The molecular formula is C10H11N3O2. The number of hydrogen-bond donors (Lipinski definition) is 2. The summed E-state index contributed by atoms with van der Waals surface area (Å²) in [6.07, 6.45) is 2.80. The van der Waals surface area contributed by atoms with Crippen LogP contribution in [0.4, 0.5) is 9.59 Å². The number of hydrogen-bond acceptors (Lipinski definition) is 2. The van der Waals surface area contributed by atoms with Gasteiger partial charge in [0.25, 0.3) is 0 Å². The van der Waals surface area contributed by atoms with Gasteiger partial charge in [0.2, 0.25) is 0 Å².